The van der Waals surface area contributed by atoms with E-state index in [2.05, 4.69) is 0 Å². The smallest absolute Gasteiger partial charge is 0.314 e. The van der Waals surface area contributed by atoms with Crippen LogP contribution in [-0.4, -0.2) is 11.1 Å². The number of carboxylic acids is 1. The fraction of sp³-hybridized carbons (Fsp3) is 0.417. The molecule has 2 rings (SSSR count). The van der Waals surface area contributed by atoms with E-state index in [9.17, 15) is 23.1 Å². The van der Waals surface area contributed by atoms with Crippen molar-refractivity contribution in [3.8, 4) is 0 Å². The summed E-state index contributed by atoms with van der Waals surface area (Å²) in [5.41, 5.74) is -2.46. The average molecular weight is 279 g/mol. The Morgan fingerprint density at radius 1 is 1.22 bits per heavy atom. The van der Waals surface area contributed by atoms with Crippen LogP contribution in [0.4, 0.5) is 13.2 Å². The van der Waals surface area contributed by atoms with Crippen molar-refractivity contribution in [2.75, 3.05) is 0 Å². The average Bonchev–Trinajstić information content (AvgIpc) is 2.77. The maximum absolute atomic E-state index is 13.9. The standard InChI is InChI=1S/C12H10ClF3O2/c13-6-5-7(14)10(16)8(9(6)15)12(11(17)18)3-1-2-4-12/h5H,1-4H2,(H,17,18). The molecule has 0 unspecified atom stereocenters. The van der Waals surface area contributed by atoms with E-state index in [1.165, 1.54) is 0 Å². The maximum atomic E-state index is 13.9. The van der Waals surface area contributed by atoms with Gasteiger partial charge >= 0.3 is 5.97 Å². The molecule has 1 aromatic carbocycles. The Kier molecular flexibility index (Phi) is 3.27. The van der Waals surface area contributed by atoms with Crippen LogP contribution in [0.15, 0.2) is 6.07 Å². The number of hydrogen-bond donors (Lipinski definition) is 1. The molecule has 18 heavy (non-hydrogen) atoms. The van der Waals surface area contributed by atoms with Crippen molar-refractivity contribution in [2.24, 2.45) is 0 Å². The molecule has 0 saturated heterocycles. The van der Waals surface area contributed by atoms with E-state index in [0.717, 1.165) is 0 Å². The predicted molar refractivity (Wildman–Crippen MR) is 59.1 cm³/mol. The quantitative estimate of drug-likeness (QED) is 0.839. The SMILES string of the molecule is O=C(O)C1(c2c(F)c(F)cc(Cl)c2F)CCCC1. The van der Waals surface area contributed by atoms with Crippen molar-refractivity contribution in [1.29, 1.82) is 0 Å². The lowest BCUT2D eigenvalue weighted by Crippen LogP contribution is -2.35. The highest BCUT2D eigenvalue weighted by molar-refractivity contribution is 6.30. The van der Waals surface area contributed by atoms with E-state index < -0.39 is 39.4 Å². The van der Waals surface area contributed by atoms with Crippen LogP contribution in [-0.2, 0) is 10.2 Å². The first-order valence-electron chi connectivity index (χ1n) is 5.47. The third kappa shape index (κ3) is 1.77. The van der Waals surface area contributed by atoms with Gasteiger partial charge in [0.1, 0.15) is 5.82 Å². The Balaban J connectivity index is 2.73. The van der Waals surface area contributed by atoms with Crippen LogP contribution >= 0.6 is 11.6 Å². The minimum atomic E-state index is -1.71. The van der Waals surface area contributed by atoms with Gasteiger partial charge in [-0.2, -0.15) is 0 Å². The second-order valence-corrected chi connectivity index (χ2v) is 4.84. The molecule has 0 spiro atoms. The number of rotatable bonds is 2. The van der Waals surface area contributed by atoms with Gasteiger partial charge in [0, 0.05) is 5.56 Å². The number of halogens is 4. The largest absolute Gasteiger partial charge is 0.481 e. The molecule has 2 nitrogen and oxygen atoms in total. The summed E-state index contributed by atoms with van der Waals surface area (Å²) in [5, 5.41) is 8.65. The molecule has 0 aliphatic heterocycles. The number of hydrogen-bond acceptors (Lipinski definition) is 1. The van der Waals surface area contributed by atoms with Crippen molar-refractivity contribution < 1.29 is 23.1 Å². The maximum Gasteiger partial charge on any atom is 0.314 e. The van der Waals surface area contributed by atoms with Gasteiger partial charge in [-0.15, -0.1) is 0 Å². The van der Waals surface area contributed by atoms with Gasteiger partial charge in [-0.25, -0.2) is 13.2 Å². The van der Waals surface area contributed by atoms with Crippen LogP contribution in [0.25, 0.3) is 0 Å². The van der Waals surface area contributed by atoms with E-state index in [4.69, 9.17) is 11.6 Å². The molecule has 0 aromatic heterocycles. The number of aliphatic carboxylic acids is 1. The molecule has 1 aliphatic rings. The molecular weight excluding hydrogens is 269 g/mol. The van der Waals surface area contributed by atoms with Crippen LogP contribution in [0.2, 0.25) is 5.02 Å². The summed E-state index contributed by atoms with van der Waals surface area (Å²) in [4.78, 5) is 11.4. The summed E-state index contributed by atoms with van der Waals surface area (Å²) in [6, 6.07) is 0.514. The molecule has 98 valence electrons. The minimum absolute atomic E-state index is 0.0793. The van der Waals surface area contributed by atoms with Crippen LogP contribution in [0.3, 0.4) is 0 Å². The highest BCUT2D eigenvalue weighted by atomic mass is 35.5. The van der Waals surface area contributed by atoms with Crippen molar-refractivity contribution in [3.63, 3.8) is 0 Å². The van der Waals surface area contributed by atoms with E-state index in [0.29, 0.717) is 18.9 Å². The molecule has 1 N–H and O–H groups in total. The van der Waals surface area contributed by atoms with Gasteiger partial charge in [-0.05, 0) is 18.9 Å². The Bertz CT molecular complexity index is 484. The number of carboxylic acid groups (broad SMARTS) is 1. The summed E-state index contributed by atoms with van der Waals surface area (Å²) in [7, 11) is 0. The summed E-state index contributed by atoms with van der Waals surface area (Å²) in [5.74, 6) is -5.32. The molecule has 6 heteroatoms. The molecule has 0 bridgehead atoms. The van der Waals surface area contributed by atoms with Crippen molar-refractivity contribution in [3.05, 3.63) is 34.1 Å². The lowest BCUT2D eigenvalue weighted by molar-refractivity contribution is -0.143. The van der Waals surface area contributed by atoms with Gasteiger partial charge in [0.25, 0.3) is 0 Å². The summed E-state index contributed by atoms with van der Waals surface area (Å²) < 4.78 is 40.9. The third-order valence-electron chi connectivity index (χ3n) is 3.46. The van der Waals surface area contributed by atoms with Crippen LogP contribution in [0, 0.1) is 17.5 Å². The molecular formula is C12H10ClF3O2. The Labute approximate surface area is 106 Å². The second-order valence-electron chi connectivity index (χ2n) is 4.44. The van der Waals surface area contributed by atoms with Crippen molar-refractivity contribution in [2.45, 2.75) is 31.1 Å². The fourth-order valence-electron chi connectivity index (χ4n) is 2.54. The zero-order chi connectivity index (χ0) is 13.5. The zero-order valence-corrected chi connectivity index (χ0v) is 10.0. The lowest BCUT2D eigenvalue weighted by Gasteiger charge is -2.25. The first kappa shape index (κ1) is 13.2. The normalized spacial score (nSPS) is 18.0. The first-order valence-corrected chi connectivity index (χ1v) is 5.85. The van der Waals surface area contributed by atoms with E-state index >= 15 is 0 Å². The molecule has 1 aliphatic carbocycles. The molecule has 1 aromatic rings. The fourth-order valence-corrected chi connectivity index (χ4v) is 2.73. The van der Waals surface area contributed by atoms with Crippen molar-refractivity contribution >= 4 is 17.6 Å². The zero-order valence-electron chi connectivity index (χ0n) is 9.27. The van der Waals surface area contributed by atoms with Gasteiger partial charge < -0.3 is 5.11 Å². The predicted octanol–water partition coefficient (Wildman–Crippen LogP) is 3.65. The summed E-state index contributed by atoms with van der Waals surface area (Å²) in [6.07, 6.45) is 1.21. The Hall–Kier alpha value is -1.23. The van der Waals surface area contributed by atoms with Gasteiger partial charge in [-0.1, -0.05) is 24.4 Å². The van der Waals surface area contributed by atoms with E-state index in [1.54, 1.807) is 0 Å². The first-order chi connectivity index (χ1) is 8.40. The Morgan fingerprint density at radius 3 is 2.28 bits per heavy atom. The van der Waals surface area contributed by atoms with Gasteiger partial charge in [0.2, 0.25) is 0 Å². The number of benzene rings is 1. The van der Waals surface area contributed by atoms with Gasteiger partial charge in [0.15, 0.2) is 11.6 Å². The topological polar surface area (TPSA) is 37.3 Å². The van der Waals surface area contributed by atoms with E-state index in [-0.39, 0.29) is 12.8 Å². The van der Waals surface area contributed by atoms with Crippen LogP contribution < -0.4 is 0 Å². The highest BCUT2D eigenvalue weighted by Gasteiger charge is 2.47. The minimum Gasteiger partial charge on any atom is -0.481 e. The second kappa shape index (κ2) is 4.46. The lowest BCUT2D eigenvalue weighted by atomic mass is 9.78. The molecule has 1 fully saturated rings. The molecule has 0 heterocycles. The van der Waals surface area contributed by atoms with E-state index in [1.807, 2.05) is 0 Å². The van der Waals surface area contributed by atoms with Crippen LogP contribution in [0.1, 0.15) is 31.2 Å². The summed E-state index contributed by atoms with van der Waals surface area (Å²) in [6.45, 7) is 0. The molecule has 0 amide bonds. The monoisotopic (exact) mass is 278 g/mol. The summed E-state index contributed by atoms with van der Waals surface area (Å²) >= 11 is 5.46. The Morgan fingerprint density at radius 2 is 1.78 bits per heavy atom. The highest BCUT2D eigenvalue weighted by Crippen LogP contribution is 2.45. The third-order valence-corrected chi connectivity index (χ3v) is 3.73. The van der Waals surface area contributed by atoms with Gasteiger partial charge in [-0.3, -0.25) is 4.79 Å². The van der Waals surface area contributed by atoms with Gasteiger partial charge in [0.05, 0.1) is 10.4 Å². The molecule has 1 saturated carbocycles. The molecule has 0 radical (unpaired) electrons. The van der Waals surface area contributed by atoms with Crippen LogP contribution in [0.5, 0.6) is 0 Å². The molecule has 0 atom stereocenters. The number of carbonyl (C=O) groups is 1. The van der Waals surface area contributed by atoms with Crippen molar-refractivity contribution in [1.82, 2.24) is 0 Å².